The molecular weight excluding hydrogens is 128 g/mol. The highest BCUT2D eigenvalue weighted by atomic mass is 16.5. The van der Waals surface area contributed by atoms with E-state index in [9.17, 15) is 4.79 Å². The van der Waals surface area contributed by atoms with Crippen molar-refractivity contribution in [3.63, 3.8) is 0 Å². The van der Waals surface area contributed by atoms with Gasteiger partial charge in [-0.25, -0.2) is 4.79 Å². The summed E-state index contributed by atoms with van der Waals surface area (Å²) in [5.41, 5.74) is 0.301. The number of carbonyl (C=O) groups is 1. The largest absolute Gasteiger partial charge is 0.465 e. The summed E-state index contributed by atoms with van der Waals surface area (Å²) in [4.78, 5) is 10.9. The average molecular weight is 137 g/mol. The Morgan fingerprint density at radius 2 is 2.40 bits per heavy atom. The second-order valence-corrected chi connectivity index (χ2v) is 1.77. The first kappa shape index (κ1) is 5.47. The molecule has 0 spiro atoms. The molecule has 10 heavy (non-hydrogen) atoms. The van der Waals surface area contributed by atoms with Crippen LogP contribution in [0.15, 0.2) is 30.3 Å². The lowest BCUT2D eigenvalue weighted by Crippen LogP contribution is -1.99. The highest BCUT2D eigenvalue weighted by Gasteiger charge is 2.00. The van der Waals surface area contributed by atoms with E-state index < -0.39 is 5.97 Å². The molecule has 0 aliphatic heterocycles. The van der Waals surface area contributed by atoms with E-state index in [4.69, 9.17) is 1.37 Å². The van der Waals surface area contributed by atoms with Gasteiger partial charge in [0.2, 0.25) is 0 Å². The Morgan fingerprint density at radius 1 is 1.60 bits per heavy atom. The van der Waals surface area contributed by atoms with Gasteiger partial charge in [-0.3, -0.25) is 0 Å². The number of ether oxygens (including phenoxy) is 1. The van der Waals surface area contributed by atoms with Crippen LogP contribution in [0.2, 0.25) is 0 Å². The van der Waals surface area contributed by atoms with Crippen molar-refractivity contribution in [2.75, 3.05) is 7.11 Å². The Kier molecular flexibility index (Phi) is 1.65. The van der Waals surface area contributed by atoms with Crippen molar-refractivity contribution in [3.05, 3.63) is 35.9 Å². The third kappa shape index (κ3) is 1.35. The average Bonchev–Trinajstić information content (AvgIpc) is 2.04. The summed E-state index contributed by atoms with van der Waals surface area (Å²) in [5.74, 6) is -0.462. The van der Waals surface area contributed by atoms with Crippen molar-refractivity contribution in [1.82, 2.24) is 0 Å². The van der Waals surface area contributed by atoms with Crippen LogP contribution >= 0.6 is 0 Å². The molecule has 1 aromatic carbocycles. The van der Waals surface area contributed by atoms with Gasteiger partial charge in [-0.15, -0.1) is 0 Å². The van der Waals surface area contributed by atoms with Crippen LogP contribution < -0.4 is 0 Å². The van der Waals surface area contributed by atoms with Crippen LogP contribution in [-0.2, 0) is 4.74 Å². The summed E-state index contributed by atoms with van der Waals surface area (Å²) in [6, 6.07) is 6.71. The number of hydrogen-bond acceptors (Lipinski definition) is 2. The van der Waals surface area contributed by atoms with Crippen LogP contribution in [0.3, 0.4) is 0 Å². The van der Waals surface area contributed by atoms with Gasteiger partial charge in [-0.2, -0.15) is 0 Å². The Balaban J connectivity index is 3.03. The lowest BCUT2D eigenvalue weighted by atomic mass is 10.2. The zero-order valence-corrected chi connectivity index (χ0v) is 5.63. The van der Waals surface area contributed by atoms with Gasteiger partial charge >= 0.3 is 5.97 Å². The molecule has 0 saturated carbocycles. The van der Waals surface area contributed by atoms with Gasteiger partial charge in [0.25, 0.3) is 0 Å². The number of rotatable bonds is 1. The second kappa shape index (κ2) is 3.01. The first-order valence-electron chi connectivity index (χ1n) is 3.39. The molecule has 0 fully saturated rings. The van der Waals surface area contributed by atoms with Crippen LogP contribution in [0.25, 0.3) is 0 Å². The van der Waals surface area contributed by atoms with Crippen molar-refractivity contribution in [2.24, 2.45) is 0 Å². The molecule has 0 aliphatic rings. The minimum atomic E-state index is -0.462. The van der Waals surface area contributed by atoms with E-state index in [2.05, 4.69) is 4.74 Å². The van der Waals surface area contributed by atoms with E-state index in [0.717, 1.165) is 0 Å². The molecule has 0 N–H and O–H groups in total. The maximum absolute atomic E-state index is 10.9. The van der Waals surface area contributed by atoms with E-state index in [0.29, 0.717) is 5.56 Å². The predicted molar refractivity (Wildman–Crippen MR) is 37.8 cm³/mol. The molecule has 52 valence electrons. The fourth-order valence-corrected chi connectivity index (χ4v) is 0.630. The van der Waals surface area contributed by atoms with Crippen LogP contribution in [0.1, 0.15) is 11.7 Å². The van der Waals surface area contributed by atoms with E-state index in [1.807, 2.05) is 0 Å². The Morgan fingerprint density at radius 3 is 3.00 bits per heavy atom. The Hall–Kier alpha value is -1.31. The van der Waals surface area contributed by atoms with Crippen molar-refractivity contribution in [1.29, 1.82) is 0 Å². The standard InChI is InChI=1S/C8H8O2/c1-10-8(9)7-5-3-2-4-6-7/h2-6H,1H3/i5D. The maximum atomic E-state index is 10.9. The molecule has 0 aromatic heterocycles. The fraction of sp³-hybridized carbons (Fsp3) is 0.125. The van der Waals surface area contributed by atoms with Crippen LogP contribution in [0.4, 0.5) is 0 Å². The van der Waals surface area contributed by atoms with Gasteiger partial charge in [-0.05, 0) is 12.1 Å². The lowest BCUT2D eigenvalue weighted by Gasteiger charge is -1.95. The van der Waals surface area contributed by atoms with E-state index in [1.165, 1.54) is 7.11 Å². The van der Waals surface area contributed by atoms with E-state index in [1.54, 1.807) is 24.3 Å². The number of esters is 1. The van der Waals surface area contributed by atoms with Gasteiger partial charge in [0.05, 0.1) is 14.0 Å². The predicted octanol–water partition coefficient (Wildman–Crippen LogP) is 1.47. The monoisotopic (exact) mass is 137 g/mol. The molecule has 0 atom stereocenters. The van der Waals surface area contributed by atoms with Crippen molar-refractivity contribution >= 4 is 5.97 Å². The Bertz CT molecular complexity index is 271. The highest BCUT2D eigenvalue weighted by Crippen LogP contribution is 1.98. The van der Waals surface area contributed by atoms with Crippen molar-refractivity contribution in [3.8, 4) is 0 Å². The molecule has 0 unspecified atom stereocenters. The van der Waals surface area contributed by atoms with Gasteiger partial charge < -0.3 is 4.74 Å². The molecule has 0 amide bonds. The normalized spacial score (nSPS) is 10.3. The Labute approximate surface area is 60.8 Å². The minimum absolute atomic E-state index is 0.194. The van der Waals surface area contributed by atoms with Gasteiger partial charge in [0, 0.05) is 0 Å². The van der Waals surface area contributed by atoms with Crippen LogP contribution in [-0.4, -0.2) is 13.1 Å². The first-order chi connectivity index (χ1) is 5.25. The fourth-order valence-electron chi connectivity index (χ4n) is 0.630. The first-order valence-corrected chi connectivity index (χ1v) is 2.89. The van der Waals surface area contributed by atoms with Gasteiger partial charge in [-0.1, -0.05) is 18.2 Å². The molecule has 1 rings (SSSR count). The molecule has 0 radical (unpaired) electrons. The molecule has 0 aliphatic carbocycles. The molecule has 0 heterocycles. The maximum Gasteiger partial charge on any atom is 0.337 e. The SMILES string of the molecule is [2H]c1ccccc1C(=O)OC. The van der Waals surface area contributed by atoms with Crippen molar-refractivity contribution in [2.45, 2.75) is 0 Å². The zero-order chi connectivity index (χ0) is 8.27. The van der Waals surface area contributed by atoms with E-state index in [-0.39, 0.29) is 6.04 Å². The molecule has 0 bridgehead atoms. The summed E-state index contributed by atoms with van der Waals surface area (Å²) in [6.45, 7) is 0. The summed E-state index contributed by atoms with van der Waals surface area (Å²) in [5, 5.41) is 0. The molecule has 2 nitrogen and oxygen atoms in total. The van der Waals surface area contributed by atoms with E-state index >= 15 is 0 Å². The number of benzene rings is 1. The zero-order valence-electron chi connectivity index (χ0n) is 6.63. The third-order valence-electron chi connectivity index (χ3n) is 1.11. The lowest BCUT2D eigenvalue weighted by molar-refractivity contribution is 0.0601. The number of methoxy groups -OCH3 is 1. The molecule has 1 aromatic rings. The van der Waals surface area contributed by atoms with Crippen LogP contribution in [0.5, 0.6) is 0 Å². The van der Waals surface area contributed by atoms with Gasteiger partial charge in [0.15, 0.2) is 0 Å². The summed E-state index contributed by atoms with van der Waals surface area (Å²) < 4.78 is 11.8. The minimum Gasteiger partial charge on any atom is -0.465 e. The summed E-state index contributed by atoms with van der Waals surface area (Å²) in [7, 11) is 1.30. The van der Waals surface area contributed by atoms with Crippen molar-refractivity contribution < 1.29 is 10.9 Å². The molecule has 2 heteroatoms. The topological polar surface area (TPSA) is 26.3 Å². The third-order valence-corrected chi connectivity index (χ3v) is 1.11. The summed E-state index contributed by atoms with van der Waals surface area (Å²) in [6.07, 6.45) is 0. The van der Waals surface area contributed by atoms with Gasteiger partial charge in [0.1, 0.15) is 0 Å². The number of carbonyl (C=O) groups excluding carboxylic acids is 1. The second-order valence-electron chi connectivity index (χ2n) is 1.77. The quantitative estimate of drug-likeness (QED) is 0.548. The highest BCUT2D eigenvalue weighted by molar-refractivity contribution is 5.89. The number of hydrogen-bond donors (Lipinski definition) is 0. The van der Waals surface area contributed by atoms with Crippen LogP contribution in [0, 0.1) is 0 Å². The molecular formula is C8H8O2. The smallest absolute Gasteiger partial charge is 0.337 e. The molecule has 0 saturated heterocycles. The summed E-state index contributed by atoms with van der Waals surface area (Å²) >= 11 is 0.